The van der Waals surface area contributed by atoms with E-state index in [1.54, 1.807) is 6.20 Å². The number of aromatic nitrogens is 2. The molecule has 0 fully saturated rings. The predicted molar refractivity (Wildman–Crippen MR) is 115 cm³/mol. The Balaban J connectivity index is 0.000000207. The maximum atomic E-state index is 4.45. The maximum Gasteiger partial charge on any atom is 0.0167 e. The Bertz CT molecular complexity index is 1110. The second-order valence-corrected chi connectivity index (χ2v) is 6.15. The molecule has 0 aliphatic rings. The van der Waals surface area contributed by atoms with E-state index in [2.05, 4.69) is 34.2 Å². The summed E-state index contributed by atoms with van der Waals surface area (Å²) in [5.41, 5.74) is 4.05. The molecule has 0 aliphatic carbocycles. The third kappa shape index (κ3) is 6.01. The molecule has 2 heterocycles. The number of hydrogen-bond donors (Lipinski definition) is 0. The number of benzene rings is 3. The molecule has 2 radical (unpaired) electrons. The summed E-state index contributed by atoms with van der Waals surface area (Å²) in [5, 5.41) is 2.39. The Morgan fingerprint density at radius 1 is 0.533 bits per heavy atom. The van der Waals surface area contributed by atoms with E-state index in [4.69, 9.17) is 0 Å². The molecule has 0 aliphatic heterocycles. The van der Waals surface area contributed by atoms with Gasteiger partial charge in [0.2, 0.25) is 0 Å². The summed E-state index contributed by atoms with van der Waals surface area (Å²) in [5.74, 6) is 0. The van der Waals surface area contributed by atoms with Crippen LogP contribution < -0.4 is 0 Å². The zero-order valence-electron chi connectivity index (χ0n) is 16.0. The van der Waals surface area contributed by atoms with Crippen LogP contribution in [0.25, 0.3) is 33.3 Å². The van der Waals surface area contributed by atoms with Crippen molar-refractivity contribution in [3.05, 3.63) is 122 Å². The van der Waals surface area contributed by atoms with E-state index in [1.807, 2.05) is 91.1 Å². The molecular formula is C26H18Ir2N2-2. The Morgan fingerprint density at radius 2 is 1.20 bits per heavy atom. The van der Waals surface area contributed by atoms with Gasteiger partial charge in [0.05, 0.1) is 0 Å². The van der Waals surface area contributed by atoms with Gasteiger partial charge in [-0.3, -0.25) is 0 Å². The summed E-state index contributed by atoms with van der Waals surface area (Å²) >= 11 is 0. The summed E-state index contributed by atoms with van der Waals surface area (Å²) in [6.45, 7) is 0. The molecule has 0 bridgehead atoms. The third-order valence-electron chi connectivity index (χ3n) is 4.29. The average molecular weight is 743 g/mol. The first-order chi connectivity index (χ1) is 13.9. The molecule has 0 atom stereocenters. The summed E-state index contributed by atoms with van der Waals surface area (Å²) in [4.78, 5) is 8.66. The minimum atomic E-state index is 0. The van der Waals surface area contributed by atoms with E-state index < -0.39 is 0 Å². The maximum absolute atomic E-state index is 4.45. The van der Waals surface area contributed by atoms with E-state index in [0.29, 0.717) is 0 Å². The molecule has 2 nitrogen and oxygen atoms in total. The normalized spacial score (nSPS) is 9.47. The minimum absolute atomic E-state index is 0. The minimum Gasteiger partial charge on any atom is -0.305 e. The van der Waals surface area contributed by atoms with Crippen molar-refractivity contribution in [3.63, 3.8) is 0 Å². The van der Waals surface area contributed by atoms with Crippen molar-refractivity contribution in [1.29, 1.82) is 0 Å². The monoisotopic (exact) mass is 744 g/mol. The van der Waals surface area contributed by atoms with Crippen molar-refractivity contribution < 1.29 is 40.2 Å². The Labute approximate surface area is 204 Å². The fourth-order valence-electron chi connectivity index (χ4n) is 2.95. The van der Waals surface area contributed by atoms with Gasteiger partial charge in [-0.2, -0.15) is 0 Å². The van der Waals surface area contributed by atoms with Gasteiger partial charge in [-0.1, -0.05) is 36.4 Å². The molecule has 0 spiro atoms. The summed E-state index contributed by atoms with van der Waals surface area (Å²) in [6, 6.07) is 38.3. The molecular weight excluding hydrogens is 725 g/mol. The standard InChI is InChI=1S/C15H10N.C11H8N.2Ir/c1-2-7-13(8-3-1)15-14-9-5-4-6-12(14)10-11-16-15;1-2-6-10(7-3-1)11-8-4-5-9-12-11;;/h1-7,9-11H;1-6,8-9H;;/q2*-1;;. The van der Waals surface area contributed by atoms with Gasteiger partial charge in [-0.25, -0.2) is 0 Å². The average Bonchev–Trinajstić information content (AvgIpc) is 2.81. The molecule has 0 N–H and O–H groups in total. The van der Waals surface area contributed by atoms with Crippen LogP contribution in [-0.2, 0) is 40.2 Å². The smallest absolute Gasteiger partial charge is 0.0167 e. The van der Waals surface area contributed by atoms with Crippen LogP contribution in [-0.4, -0.2) is 9.97 Å². The van der Waals surface area contributed by atoms with Crippen molar-refractivity contribution in [2.45, 2.75) is 0 Å². The van der Waals surface area contributed by atoms with E-state index in [1.165, 1.54) is 10.8 Å². The van der Waals surface area contributed by atoms with Crippen molar-refractivity contribution in [2.75, 3.05) is 0 Å². The van der Waals surface area contributed by atoms with Crippen LogP contribution in [0.4, 0.5) is 0 Å². The molecule has 5 rings (SSSR count). The Morgan fingerprint density at radius 3 is 1.87 bits per heavy atom. The topological polar surface area (TPSA) is 25.8 Å². The van der Waals surface area contributed by atoms with E-state index in [9.17, 15) is 0 Å². The zero-order chi connectivity index (χ0) is 19.0. The molecule has 2 aromatic heterocycles. The molecule has 0 saturated heterocycles. The summed E-state index contributed by atoms with van der Waals surface area (Å²) in [7, 11) is 0. The molecule has 30 heavy (non-hydrogen) atoms. The van der Waals surface area contributed by atoms with Gasteiger partial charge in [-0.15, -0.1) is 71.8 Å². The Hall–Kier alpha value is -2.48. The second kappa shape index (κ2) is 12.3. The molecule has 5 aromatic rings. The van der Waals surface area contributed by atoms with Crippen LogP contribution in [0.15, 0.2) is 109 Å². The molecule has 0 unspecified atom stereocenters. The third-order valence-corrected chi connectivity index (χ3v) is 4.29. The number of nitrogens with zero attached hydrogens (tertiary/aromatic N) is 2. The first-order valence-electron chi connectivity index (χ1n) is 9.11. The van der Waals surface area contributed by atoms with Gasteiger partial charge in [0.1, 0.15) is 0 Å². The van der Waals surface area contributed by atoms with Crippen molar-refractivity contribution in [2.24, 2.45) is 0 Å². The van der Waals surface area contributed by atoms with Gasteiger partial charge in [0, 0.05) is 52.6 Å². The number of fused-ring (bicyclic) bond motifs is 1. The number of hydrogen-bond acceptors (Lipinski definition) is 2. The van der Waals surface area contributed by atoms with Crippen LogP contribution in [0, 0.1) is 12.1 Å². The van der Waals surface area contributed by atoms with Gasteiger partial charge in [0.15, 0.2) is 0 Å². The van der Waals surface area contributed by atoms with Crippen LogP contribution in [0.1, 0.15) is 0 Å². The molecule has 3 aromatic carbocycles. The first-order valence-corrected chi connectivity index (χ1v) is 9.11. The molecule has 152 valence electrons. The Kier molecular flexibility index (Phi) is 9.73. The van der Waals surface area contributed by atoms with Crippen molar-refractivity contribution in [1.82, 2.24) is 9.97 Å². The summed E-state index contributed by atoms with van der Waals surface area (Å²) < 4.78 is 0. The largest absolute Gasteiger partial charge is 0.305 e. The van der Waals surface area contributed by atoms with Crippen LogP contribution in [0.2, 0.25) is 0 Å². The van der Waals surface area contributed by atoms with Gasteiger partial charge >= 0.3 is 0 Å². The molecule has 4 heteroatoms. The van der Waals surface area contributed by atoms with Gasteiger partial charge < -0.3 is 9.97 Å². The predicted octanol–water partition coefficient (Wildman–Crippen LogP) is 6.25. The van der Waals surface area contributed by atoms with Crippen molar-refractivity contribution in [3.8, 4) is 22.5 Å². The fraction of sp³-hybridized carbons (Fsp3) is 0. The molecule has 0 saturated carbocycles. The fourth-order valence-corrected chi connectivity index (χ4v) is 2.95. The second-order valence-electron chi connectivity index (χ2n) is 6.15. The first kappa shape index (κ1) is 23.8. The van der Waals surface area contributed by atoms with E-state index >= 15 is 0 Å². The quantitative estimate of drug-likeness (QED) is 0.200. The summed E-state index contributed by atoms with van der Waals surface area (Å²) in [6.07, 6.45) is 3.63. The van der Waals surface area contributed by atoms with E-state index in [-0.39, 0.29) is 40.2 Å². The van der Waals surface area contributed by atoms with Crippen LogP contribution in [0.5, 0.6) is 0 Å². The number of pyridine rings is 2. The van der Waals surface area contributed by atoms with Gasteiger partial charge in [-0.05, 0) is 34.3 Å². The SMILES string of the molecule is [Ir].[Ir].[c-]1ccccc1-c1ccccn1.[c-]1ccccc1-c1nccc2ccccc12. The number of rotatable bonds is 2. The zero-order valence-corrected chi connectivity index (χ0v) is 20.7. The molecule has 0 amide bonds. The van der Waals surface area contributed by atoms with Crippen LogP contribution >= 0.6 is 0 Å². The van der Waals surface area contributed by atoms with Crippen molar-refractivity contribution >= 4 is 10.8 Å². The van der Waals surface area contributed by atoms with Gasteiger partial charge in [0.25, 0.3) is 0 Å². The van der Waals surface area contributed by atoms with Crippen LogP contribution in [0.3, 0.4) is 0 Å². The van der Waals surface area contributed by atoms with E-state index in [0.717, 1.165) is 22.5 Å².